The number of H-pyrrole nitrogens is 1. The summed E-state index contributed by atoms with van der Waals surface area (Å²) in [6, 6.07) is 17.7. The summed E-state index contributed by atoms with van der Waals surface area (Å²) in [5.74, 6) is 0.763. The van der Waals surface area contributed by atoms with Gasteiger partial charge in [-0.1, -0.05) is 42.5 Å². The number of ether oxygens (including phenoxy) is 1. The summed E-state index contributed by atoms with van der Waals surface area (Å²) in [6.07, 6.45) is 0. The second kappa shape index (κ2) is 5.86. The van der Waals surface area contributed by atoms with E-state index in [1.165, 1.54) is 0 Å². The van der Waals surface area contributed by atoms with E-state index in [1.54, 1.807) is 0 Å². The van der Waals surface area contributed by atoms with Gasteiger partial charge in [0.1, 0.15) is 5.82 Å². The van der Waals surface area contributed by atoms with E-state index in [4.69, 9.17) is 10.5 Å². The van der Waals surface area contributed by atoms with Crippen molar-refractivity contribution in [2.45, 2.75) is 12.6 Å². The molecule has 1 unspecified atom stereocenters. The lowest BCUT2D eigenvalue weighted by Gasteiger charge is -2.09. The first kappa shape index (κ1) is 12.8. The maximum atomic E-state index is 6.10. The van der Waals surface area contributed by atoms with Crippen molar-refractivity contribution < 1.29 is 4.74 Å². The summed E-state index contributed by atoms with van der Waals surface area (Å²) in [4.78, 5) is 7.71. The normalized spacial score (nSPS) is 12.7. The van der Waals surface area contributed by atoms with Crippen molar-refractivity contribution in [2.24, 2.45) is 5.73 Å². The molecule has 3 N–H and O–H groups in total. The minimum absolute atomic E-state index is 0.244. The Morgan fingerprint density at radius 2 is 1.80 bits per heavy atom. The minimum Gasteiger partial charge on any atom is -0.375 e. The van der Waals surface area contributed by atoms with Crippen LogP contribution in [0.5, 0.6) is 0 Å². The molecule has 0 aliphatic heterocycles. The fourth-order valence-corrected chi connectivity index (χ4v) is 2.11. The van der Waals surface area contributed by atoms with Crippen LogP contribution in [0.25, 0.3) is 11.0 Å². The molecule has 0 spiro atoms. The van der Waals surface area contributed by atoms with Gasteiger partial charge in [0.05, 0.1) is 30.3 Å². The SMILES string of the molecule is NC(COCc1ccccc1)c1nc2ccccc2[nH]1. The molecule has 0 saturated carbocycles. The number of nitrogens with zero attached hydrogens (tertiary/aromatic N) is 1. The molecule has 0 fully saturated rings. The Kier molecular flexibility index (Phi) is 3.76. The lowest BCUT2D eigenvalue weighted by molar-refractivity contribution is 0.106. The molecular formula is C16H17N3O. The van der Waals surface area contributed by atoms with Crippen molar-refractivity contribution in [1.82, 2.24) is 9.97 Å². The number of nitrogens with one attached hydrogen (secondary N) is 1. The molecule has 20 heavy (non-hydrogen) atoms. The Labute approximate surface area is 117 Å². The van der Waals surface area contributed by atoms with Crippen molar-refractivity contribution in [3.05, 3.63) is 66.0 Å². The Bertz CT molecular complexity index is 645. The van der Waals surface area contributed by atoms with Gasteiger partial charge in [0.15, 0.2) is 0 Å². The van der Waals surface area contributed by atoms with E-state index in [1.807, 2.05) is 54.6 Å². The van der Waals surface area contributed by atoms with Crippen molar-refractivity contribution in [2.75, 3.05) is 6.61 Å². The van der Waals surface area contributed by atoms with Crippen LogP contribution in [0.15, 0.2) is 54.6 Å². The Hall–Kier alpha value is -2.17. The smallest absolute Gasteiger partial charge is 0.126 e. The number of rotatable bonds is 5. The van der Waals surface area contributed by atoms with Crippen LogP contribution >= 0.6 is 0 Å². The molecule has 0 bridgehead atoms. The van der Waals surface area contributed by atoms with Gasteiger partial charge in [-0.05, 0) is 17.7 Å². The average Bonchev–Trinajstić information content (AvgIpc) is 2.92. The van der Waals surface area contributed by atoms with Crippen LogP contribution in [0.2, 0.25) is 0 Å². The quantitative estimate of drug-likeness (QED) is 0.747. The van der Waals surface area contributed by atoms with E-state index in [9.17, 15) is 0 Å². The zero-order valence-corrected chi connectivity index (χ0v) is 11.1. The zero-order chi connectivity index (χ0) is 13.8. The highest BCUT2D eigenvalue weighted by atomic mass is 16.5. The summed E-state index contributed by atoms with van der Waals surface area (Å²) in [7, 11) is 0. The first-order valence-electron chi connectivity index (χ1n) is 6.65. The number of aromatic nitrogens is 2. The minimum atomic E-state index is -0.244. The van der Waals surface area contributed by atoms with E-state index in [2.05, 4.69) is 9.97 Å². The number of hydrogen-bond acceptors (Lipinski definition) is 3. The average molecular weight is 267 g/mol. The van der Waals surface area contributed by atoms with Gasteiger partial charge >= 0.3 is 0 Å². The summed E-state index contributed by atoms with van der Waals surface area (Å²) >= 11 is 0. The molecule has 0 radical (unpaired) electrons. The molecule has 2 aromatic carbocycles. The van der Waals surface area contributed by atoms with Crippen LogP contribution in [0.1, 0.15) is 17.4 Å². The topological polar surface area (TPSA) is 63.9 Å². The lowest BCUT2D eigenvalue weighted by atomic mass is 10.2. The van der Waals surface area contributed by atoms with Gasteiger partial charge in [-0.2, -0.15) is 0 Å². The summed E-state index contributed by atoms with van der Waals surface area (Å²) in [6.45, 7) is 1.00. The fraction of sp³-hybridized carbons (Fsp3) is 0.188. The fourth-order valence-electron chi connectivity index (χ4n) is 2.11. The van der Waals surface area contributed by atoms with Gasteiger partial charge in [0.2, 0.25) is 0 Å². The predicted octanol–water partition coefficient (Wildman–Crippen LogP) is 2.78. The van der Waals surface area contributed by atoms with Crippen molar-refractivity contribution >= 4 is 11.0 Å². The van der Waals surface area contributed by atoms with Gasteiger partial charge in [0.25, 0.3) is 0 Å². The number of fused-ring (bicyclic) bond motifs is 1. The first-order chi connectivity index (χ1) is 9.83. The second-order valence-corrected chi connectivity index (χ2v) is 4.75. The number of nitrogens with two attached hydrogens (primary N) is 1. The van der Waals surface area contributed by atoms with Crippen LogP contribution in [-0.4, -0.2) is 16.6 Å². The predicted molar refractivity (Wildman–Crippen MR) is 79.1 cm³/mol. The van der Waals surface area contributed by atoms with Crippen LogP contribution < -0.4 is 5.73 Å². The van der Waals surface area contributed by atoms with E-state index in [0.29, 0.717) is 13.2 Å². The molecule has 1 heterocycles. The van der Waals surface area contributed by atoms with Gasteiger partial charge in [0, 0.05) is 0 Å². The van der Waals surface area contributed by atoms with Crippen molar-refractivity contribution in [3.8, 4) is 0 Å². The lowest BCUT2D eigenvalue weighted by Crippen LogP contribution is -2.18. The van der Waals surface area contributed by atoms with Gasteiger partial charge in [-0.25, -0.2) is 4.98 Å². The molecular weight excluding hydrogens is 250 g/mol. The van der Waals surface area contributed by atoms with Crippen LogP contribution in [0, 0.1) is 0 Å². The van der Waals surface area contributed by atoms with E-state index in [-0.39, 0.29) is 6.04 Å². The first-order valence-corrected chi connectivity index (χ1v) is 6.65. The Morgan fingerprint density at radius 3 is 2.60 bits per heavy atom. The van der Waals surface area contributed by atoms with Crippen molar-refractivity contribution in [3.63, 3.8) is 0 Å². The molecule has 4 nitrogen and oxygen atoms in total. The van der Waals surface area contributed by atoms with Crippen LogP contribution in [0.4, 0.5) is 0 Å². The molecule has 3 rings (SSSR count). The maximum Gasteiger partial charge on any atom is 0.126 e. The van der Waals surface area contributed by atoms with Gasteiger partial charge in [-0.15, -0.1) is 0 Å². The number of hydrogen-bond donors (Lipinski definition) is 2. The summed E-state index contributed by atoms with van der Waals surface area (Å²) in [5, 5.41) is 0. The molecule has 0 saturated heterocycles. The standard InChI is InChI=1S/C16H17N3O/c17-13(11-20-10-12-6-2-1-3-7-12)16-18-14-8-4-5-9-15(14)19-16/h1-9,13H,10-11,17H2,(H,18,19). The van der Waals surface area contributed by atoms with Crippen LogP contribution in [0.3, 0.4) is 0 Å². The monoisotopic (exact) mass is 267 g/mol. The number of aromatic amines is 1. The summed E-state index contributed by atoms with van der Waals surface area (Å²) in [5.41, 5.74) is 9.18. The third-order valence-corrected chi connectivity index (χ3v) is 3.17. The summed E-state index contributed by atoms with van der Waals surface area (Å²) < 4.78 is 5.65. The Morgan fingerprint density at radius 1 is 1.05 bits per heavy atom. The molecule has 3 aromatic rings. The number of para-hydroxylation sites is 2. The Balaban J connectivity index is 1.60. The zero-order valence-electron chi connectivity index (χ0n) is 11.1. The van der Waals surface area contributed by atoms with Crippen molar-refractivity contribution in [1.29, 1.82) is 0 Å². The molecule has 1 atom stereocenters. The number of imidazole rings is 1. The van der Waals surface area contributed by atoms with Gasteiger partial charge in [-0.3, -0.25) is 0 Å². The van der Waals surface area contributed by atoms with E-state index in [0.717, 1.165) is 22.4 Å². The number of benzene rings is 2. The molecule has 0 amide bonds. The molecule has 0 aliphatic carbocycles. The molecule has 1 aromatic heterocycles. The van der Waals surface area contributed by atoms with E-state index >= 15 is 0 Å². The highest BCUT2D eigenvalue weighted by Gasteiger charge is 2.11. The highest BCUT2D eigenvalue weighted by Crippen LogP contribution is 2.15. The second-order valence-electron chi connectivity index (χ2n) is 4.75. The largest absolute Gasteiger partial charge is 0.375 e. The highest BCUT2D eigenvalue weighted by molar-refractivity contribution is 5.74. The molecule has 4 heteroatoms. The molecule has 0 aliphatic rings. The maximum absolute atomic E-state index is 6.10. The van der Waals surface area contributed by atoms with Gasteiger partial charge < -0.3 is 15.5 Å². The molecule has 102 valence electrons. The van der Waals surface area contributed by atoms with Crippen LogP contribution in [-0.2, 0) is 11.3 Å². The third kappa shape index (κ3) is 2.87. The van der Waals surface area contributed by atoms with E-state index < -0.39 is 0 Å². The third-order valence-electron chi connectivity index (χ3n) is 3.17.